The van der Waals surface area contributed by atoms with E-state index in [0.717, 1.165) is 62.9 Å². The molecule has 0 fully saturated rings. The van der Waals surface area contributed by atoms with Crippen molar-refractivity contribution in [3.05, 3.63) is 69.9 Å². The second-order valence-electron chi connectivity index (χ2n) is 13.1. The summed E-state index contributed by atoms with van der Waals surface area (Å²) in [6, 6.07) is -1.86. The molecule has 2 amide bonds. The van der Waals surface area contributed by atoms with Gasteiger partial charge in [0.2, 0.25) is 11.8 Å². The molecule has 0 aromatic heterocycles. The number of carboxylic acids is 2. The van der Waals surface area contributed by atoms with Crippen LogP contribution < -0.4 is 20.8 Å². The first-order valence-corrected chi connectivity index (χ1v) is 19.8. The number of carbonyl (C=O) groups is 4. The average Bonchev–Trinajstić information content (AvgIpc) is 2.99. The van der Waals surface area contributed by atoms with Crippen molar-refractivity contribution in [3.63, 3.8) is 0 Å². The smallest absolute Gasteiger partial charge is 0.217 e. The van der Waals surface area contributed by atoms with Gasteiger partial charge in [0.15, 0.2) is 0 Å². The number of thioether (sulfide) groups is 2. The first kappa shape index (κ1) is 53.1. The largest absolute Gasteiger partial charge is 0.548 e. The van der Waals surface area contributed by atoms with Crippen LogP contribution in [-0.2, 0) is 41.6 Å². The summed E-state index contributed by atoms with van der Waals surface area (Å²) < 4.78 is 0. The molecule has 0 aliphatic carbocycles. The van der Waals surface area contributed by atoms with Crippen LogP contribution in [0.1, 0.15) is 121 Å². The van der Waals surface area contributed by atoms with Crippen LogP contribution in [0.25, 0.3) is 0 Å². The van der Waals surface area contributed by atoms with Crippen LogP contribution >= 0.6 is 23.5 Å². The van der Waals surface area contributed by atoms with E-state index in [1.807, 2.05) is 0 Å². The van der Waals surface area contributed by atoms with E-state index in [1.54, 1.807) is 0 Å². The van der Waals surface area contributed by atoms with Crippen molar-refractivity contribution in [1.29, 1.82) is 0 Å². The van der Waals surface area contributed by atoms with Crippen molar-refractivity contribution in [2.45, 2.75) is 133 Å². The summed E-state index contributed by atoms with van der Waals surface area (Å²) in [6.45, 7) is 19.6. The van der Waals surface area contributed by atoms with Crippen LogP contribution in [0.3, 0.4) is 0 Å². The van der Waals surface area contributed by atoms with E-state index in [2.05, 4.69) is 102 Å². The van der Waals surface area contributed by atoms with Crippen molar-refractivity contribution in [1.82, 2.24) is 10.6 Å². The number of carbonyl (C=O) groups excluding carboxylic acids is 4. The molecule has 0 aromatic rings. The molecular weight excluding hydrogens is 776 g/mol. The van der Waals surface area contributed by atoms with Crippen molar-refractivity contribution in [2.75, 3.05) is 23.0 Å². The standard InChI is InChI=1S/2C20H33NO3S.Ag/c2*1-15(2)8-6-9-16(3)10-7-11-17(4)12-13-25-14-19(20(23)24)21-18(5)22;/h2*8,10,12,19H,6-7,9,11,13-14H2,1-5H3,(H,21,22)(H,23,24);/p-2/b2*16-10+,17-12+;/t2*19-;/m00./s1. The van der Waals surface area contributed by atoms with E-state index in [1.165, 1.54) is 70.8 Å². The first-order chi connectivity index (χ1) is 23.4. The van der Waals surface area contributed by atoms with Gasteiger partial charge < -0.3 is 30.4 Å². The minimum Gasteiger partial charge on any atom is -0.548 e. The number of allylic oxidation sites excluding steroid dienone is 10. The fourth-order valence-corrected chi connectivity index (χ4v) is 6.27. The maximum atomic E-state index is 10.9. The van der Waals surface area contributed by atoms with Gasteiger partial charge in [0, 0.05) is 59.2 Å². The molecule has 0 aliphatic heterocycles. The zero-order chi connectivity index (χ0) is 38.5. The molecule has 0 saturated heterocycles. The molecule has 0 unspecified atom stereocenters. The van der Waals surface area contributed by atoms with Crippen LogP contribution in [0, 0.1) is 0 Å². The normalized spacial score (nSPS) is 13.1. The van der Waals surface area contributed by atoms with Gasteiger partial charge in [-0.1, -0.05) is 69.9 Å². The summed E-state index contributed by atoms with van der Waals surface area (Å²) in [5.41, 5.74) is 8.17. The van der Waals surface area contributed by atoms with Crippen molar-refractivity contribution in [3.8, 4) is 0 Å². The molecule has 0 aliphatic rings. The molecule has 0 heterocycles. The molecule has 2 N–H and O–H groups in total. The molecule has 11 heteroatoms. The Balaban J connectivity index is -0.000000886. The zero-order valence-electron chi connectivity index (χ0n) is 32.7. The van der Waals surface area contributed by atoms with Crippen LogP contribution in [0.4, 0.5) is 0 Å². The van der Waals surface area contributed by atoms with E-state index in [-0.39, 0.29) is 34.2 Å². The predicted octanol–water partition coefficient (Wildman–Crippen LogP) is 6.78. The first-order valence-electron chi connectivity index (χ1n) is 17.4. The molecule has 51 heavy (non-hydrogen) atoms. The van der Waals surface area contributed by atoms with Crippen molar-refractivity contribution < 1.29 is 51.8 Å². The van der Waals surface area contributed by atoms with E-state index in [9.17, 15) is 29.4 Å². The summed E-state index contributed by atoms with van der Waals surface area (Å²) in [4.78, 5) is 43.7. The van der Waals surface area contributed by atoms with Gasteiger partial charge in [-0.05, 0) is 107 Å². The monoisotopic (exact) mass is 839 g/mol. The summed E-state index contributed by atoms with van der Waals surface area (Å²) in [7, 11) is 0. The molecule has 8 nitrogen and oxygen atoms in total. The Morgan fingerprint density at radius 2 is 0.765 bits per heavy atom. The zero-order valence-corrected chi connectivity index (χ0v) is 35.8. The number of hydrogen-bond acceptors (Lipinski definition) is 8. The molecular formula is C40H64AgN2O6S2-2. The van der Waals surface area contributed by atoms with E-state index in [4.69, 9.17) is 0 Å². The molecule has 0 saturated carbocycles. The third-order valence-electron chi connectivity index (χ3n) is 7.24. The Bertz CT molecular complexity index is 1140. The van der Waals surface area contributed by atoms with E-state index in [0.29, 0.717) is 11.5 Å². The fraction of sp³-hybridized carbons (Fsp3) is 0.600. The molecule has 0 aromatic carbocycles. The number of nitrogens with one attached hydrogen (secondary N) is 2. The quantitative estimate of drug-likeness (QED) is 0.0617. The maximum Gasteiger partial charge on any atom is 0.217 e. The molecule has 0 spiro atoms. The fourth-order valence-electron chi connectivity index (χ4n) is 4.28. The number of amides is 2. The summed E-state index contributed by atoms with van der Waals surface area (Å²) in [5, 5.41) is 26.6. The third kappa shape index (κ3) is 37.3. The Kier molecular flexibility index (Phi) is 35.0. The molecule has 1 radical (unpaired) electrons. The van der Waals surface area contributed by atoms with Crippen LogP contribution in [-0.4, -0.2) is 58.8 Å². The molecule has 0 bridgehead atoms. The van der Waals surface area contributed by atoms with E-state index >= 15 is 0 Å². The summed E-state index contributed by atoms with van der Waals surface area (Å²) in [5.74, 6) is -1.09. The number of carboxylic acid groups (broad SMARTS) is 2. The third-order valence-corrected chi connectivity index (χ3v) is 9.18. The minimum atomic E-state index is -1.24. The van der Waals surface area contributed by atoms with Crippen molar-refractivity contribution >= 4 is 47.3 Å². The predicted molar refractivity (Wildman–Crippen MR) is 211 cm³/mol. The Labute approximate surface area is 333 Å². The Hall–Kier alpha value is -2.24. The number of aliphatic carboxylic acids is 2. The average molecular weight is 841 g/mol. The van der Waals surface area contributed by atoms with Crippen molar-refractivity contribution in [2.24, 2.45) is 0 Å². The van der Waals surface area contributed by atoms with Gasteiger partial charge in [0.05, 0.1) is 24.0 Å². The maximum absolute atomic E-state index is 10.9. The molecule has 295 valence electrons. The van der Waals surface area contributed by atoms with E-state index < -0.39 is 24.0 Å². The van der Waals surface area contributed by atoms with Gasteiger partial charge in [-0.2, -0.15) is 23.5 Å². The molecule has 0 rings (SSSR count). The minimum absolute atomic E-state index is 0. The number of hydrogen-bond donors (Lipinski definition) is 2. The SMILES string of the molecule is CC(=O)N[C@@H](CSC/C=C(\C)CC/C=C(\C)CCC=C(C)C)C(=O)[O-].CC(=O)N[C@@H](CSC/C=C(\C)CC/C=C(\C)CCC=C(C)C)C(=O)[O-].[Ag]. The summed E-state index contributed by atoms with van der Waals surface area (Å²) in [6.07, 6.45) is 21.9. The topological polar surface area (TPSA) is 138 Å². The molecule has 2 atom stereocenters. The number of rotatable bonds is 24. The van der Waals surface area contributed by atoms with Gasteiger partial charge in [-0.3, -0.25) is 9.59 Å². The second kappa shape index (κ2) is 33.6. The van der Waals surface area contributed by atoms with Crippen LogP contribution in [0.15, 0.2) is 69.9 Å². The van der Waals surface area contributed by atoms with Gasteiger partial charge in [0.25, 0.3) is 0 Å². The van der Waals surface area contributed by atoms with Gasteiger partial charge in [0.1, 0.15) is 0 Å². The van der Waals surface area contributed by atoms with Gasteiger partial charge in [-0.15, -0.1) is 0 Å². The Morgan fingerprint density at radius 1 is 0.490 bits per heavy atom. The van der Waals surface area contributed by atoms with Crippen LogP contribution in [0.5, 0.6) is 0 Å². The Morgan fingerprint density at radius 3 is 1.02 bits per heavy atom. The van der Waals surface area contributed by atoms with Gasteiger partial charge >= 0.3 is 0 Å². The summed E-state index contributed by atoms with van der Waals surface area (Å²) >= 11 is 2.96. The van der Waals surface area contributed by atoms with Gasteiger partial charge in [-0.25, -0.2) is 0 Å². The second-order valence-corrected chi connectivity index (χ2v) is 15.3. The van der Waals surface area contributed by atoms with Crippen LogP contribution in [0.2, 0.25) is 0 Å².